The van der Waals surface area contributed by atoms with Crippen LogP contribution < -0.4 is 15.2 Å². The Kier molecular flexibility index (Phi) is 5.79. The lowest BCUT2D eigenvalue weighted by molar-refractivity contribution is -0.139. The van der Waals surface area contributed by atoms with Gasteiger partial charge in [0.2, 0.25) is 10.0 Å². The van der Waals surface area contributed by atoms with Crippen LogP contribution in [0.5, 0.6) is 5.75 Å². The highest BCUT2D eigenvalue weighted by molar-refractivity contribution is 7.89. The van der Waals surface area contributed by atoms with E-state index in [2.05, 4.69) is 5.32 Å². The smallest absolute Gasteiger partial charge is 0.417 e. The van der Waals surface area contributed by atoms with Crippen molar-refractivity contribution in [1.82, 2.24) is 0 Å². The number of aliphatic hydroxyl groups excluding tert-OH is 1. The molecule has 0 radical (unpaired) electrons. The number of anilines is 1. The van der Waals surface area contributed by atoms with Crippen LogP contribution in [0.3, 0.4) is 0 Å². The fraction of sp³-hybridized carbons (Fsp3) is 0.250. The van der Waals surface area contributed by atoms with Crippen molar-refractivity contribution in [3.05, 3.63) is 53.6 Å². The van der Waals surface area contributed by atoms with E-state index in [9.17, 15) is 26.7 Å². The van der Waals surface area contributed by atoms with E-state index in [1.165, 1.54) is 7.11 Å². The molecule has 0 heterocycles. The number of sulfonamides is 1. The lowest BCUT2D eigenvalue weighted by Crippen LogP contribution is -2.20. The summed E-state index contributed by atoms with van der Waals surface area (Å²) >= 11 is 0. The molecule has 2 aromatic rings. The fourth-order valence-electron chi connectivity index (χ4n) is 2.38. The molecule has 0 spiro atoms. The molecule has 10 heteroatoms. The number of aliphatic hydroxyl groups is 1. The topological polar surface area (TPSA) is 102 Å². The summed E-state index contributed by atoms with van der Waals surface area (Å²) in [7, 11) is -3.08. The van der Waals surface area contributed by atoms with Gasteiger partial charge in [0.1, 0.15) is 5.75 Å². The molecule has 0 amide bonds. The highest BCUT2D eigenvalue weighted by Gasteiger charge is 2.36. The Morgan fingerprint density at radius 3 is 2.46 bits per heavy atom. The minimum atomic E-state index is -4.91. The molecule has 0 saturated heterocycles. The lowest BCUT2D eigenvalue weighted by atomic mass is 10.1. The highest BCUT2D eigenvalue weighted by atomic mass is 32.2. The van der Waals surface area contributed by atoms with Gasteiger partial charge in [-0.25, -0.2) is 13.6 Å². The first-order valence-corrected chi connectivity index (χ1v) is 8.86. The van der Waals surface area contributed by atoms with Crippen LogP contribution in [0.15, 0.2) is 47.4 Å². The minimum absolute atomic E-state index is 0.0217. The summed E-state index contributed by atoms with van der Waals surface area (Å²) < 4.78 is 67.4. The van der Waals surface area contributed by atoms with Gasteiger partial charge in [-0.3, -0.25) is 0 Å². The van der Waals surface area contributed by atoms with Crippen LogP contribution >= 0.6 is 0 Å². The predicted molar refractivity (Wildman–Crippen MR) is 89.3 cm³/mol. The van der Waals surface area contributed by atoms with Crippen LogP contribution in [0, 0.1) is 0 Å². The minimum Gasteiger partial charge on any atom is -0.497 e. The third-order valence-electron chi connectivity index (χ3n) is 3.61. The molecule has 2 rings (SSSR count). The Bertz CT molecular complexity index is 885. The van der Waals surface area contributed by atoms with E-state index in [0.29, 0.717) is 17.4 Å². The van der Waals surface area contributed by atoms with Gasteiger partial charge >= 0.3 is 6.18 Å². The maximum absolute atomic E-state index is 13.2. The molecule has 1 unspecified atom stereocenters. The van der Waals surface area contributed by atoms with Gasteiger partial charge < -0.3 is 15.2 Å². The van der Waals surface area contributed by atoms with Gasteiger partial charge in [-0.05, 0) is 35.9 Å². The molecule has 0 fully saturated rings. The fourth-order valence-corrected chi connectivity index (χ4v) is 3.12. The molecule has 6 nitrogen and oxygen atoms in total. The molecule has 26 heavy (non-hydrogen) atoms. The van der Waals surface area contributed by atoms with Crippen molar-refractivity contribution in [3.63, 3.8) is 0 Å². The predicted octanol–water partition coefficient (Wildman–Crippen LogP) is 2.51. The first-order valence-electron chi connectivity index (χ1n) is 7.31. The molecule has 0 bridgehead atoms. The van der Waals surface area contributed by atoms with Crippen molar-refractivity contribution in [1.29, 1.82) is 0 Å². The summed E-state index contributed by atoms with van der Waals surface area (Å²) in [5.74, 6) is 0.517. The van der Waals surface area contributed by atoms with Crippen molar-refractivity contribution in [3.8, 4) is 5.75 Å². The molecule has 0 aliphatic heterocycles. The number of benzene rings is 2. The molecular formula is C16H17F3N2O4S. The van der Waals surface area contributed by atoms with Crippen molar-refractivity contribution in [2.24, 2.45) is 5.14 Å². The van der Waals surface area contributed by atoms with E-state index in [1.807, 2.05) is 0 Å². The van der Waals surface area contributed by atoms with Gasteiger partial charge in [-0.1, -0.05) is 12.1 Å². The van der Waals surface area contributed by atoms with E-state index in [4.69, 9.17) is 9.88 Å². The van der Waals surface area contributed by atoms with Crippen LogP contribution in [0.4, 0.5) is 18.9 Å². The number of hydrogen-bond acceptors (Lipinski definition) is 5. The SMILES string of the molecule is COc1cccc(C(CO)Nc2ccc(S(N)(=O)=O)c(C(F)(F)F)c2)c1. The molecule has 142 valence electrons. The normalized spacial score (nSPS) is 13.3. The van der Waals surface area contributed by atoms with E-state index in [1.54, 1.807) is 24.3 Å². The summed E-state index contributed by atoms with van der Waals surface area (Å²) in [6, 6.07) is 8.48. The summed E-state index contributed by atoms with van der Waals surface area (Å²) in [5, 5.41) is 17.2. The molecule has 1 atom stereocenters. The molecule has 4 N–H and O–H groups in total. The number of alkyl halides is 3. The zero-order valence-corrected chi connectivity index (χ0v) is 14.4. The molecule has 2 aromatic carbocycles. The summed E-state index contributed by atoms with van der Waals surface area (Å²) in [4.78, 5) is -1.02. The number of nitrogens with two attached hydrogens (primary N) is 1. The van der Waals surface area contributed by atoms with Gasteiger partial charge in [-0.15, -0.1) is 0 Å². The third-order valence-corrected chi connectivity index (χ3v) is 4.58. The number of primary sulfonamides is 1. The monoisotopic (exact) mass is 390 g/mol. The second-order valence-electron chi connectivity index (χ2n) is 5.41. The van der Waals surface area contributed by atoms with E-state index in [-0.39, 0.29) is 5.69 Å². The zero-order valence-electron chi connectivity index (χ0n) is 13.6. The van der Waals surface area contributed by atoms with Crippen LogP contribution in [0.1, 0.15) is 17.2 Å². The van der Waals surface area contributed by atoms with E-state index < -0.39 is 39.3 Å². The number of ether oxygens (including phenoxy) is 1. The van der Waals surface area contributed by atoms with Crippen LogP contribution in [0.25, 0.3) is 0 Å². The molecule has 0 aliphatic rings. The summed E-state index contributed by atoms with van der Waals surface area (Å²) in [5.41, 5.74) is -0.824. The van der Waals surface area contributed by atoms with Gasteiger partial charge in [0.25, 0.3) is 0 Å². The molecule has 0 aliphatic carbocycles. The number of nitrogens with one attached hydrogen (secondary N) is 1. The number of halogens is 3. The lowest BCUT2D eigenvalue weighted by Gasteiger charge is -2.20. The van der Waals surface area contributed by atoms with Crippen LogP contribution in [-0.2, 0) is 16.2 Å². The van der Waals surface area contributed by atoms with Crippen LogP contribution in [-0.4, -0.2) is 27.2 Å². The Hall–Kier alpha value is -2.30. The second-order valence-corrected chi connectivity index (χ2v) is 6.94. The average molecular weight is 390 g/mol. The van der Waals surface area contributed by atoms with Crippen molar-refractivity contribution in [2.75, 3.05) is 19.0 Å². The Balaban J connectivity index is 2.42. The first-order chi connectivity index (χ1) is 12.1. The van der Waals surface area contributed by atoms with E-state index >= 15 is 0 Å². The first kappa shape index (κ1) is 20.0. The molecular weight excluding hydrogens is 373 g/mol. The quantitative estimate of drug-likeness (QED) is 0.704. The van der Waals surface area contributed by atoms with Crippen molar-refractivity contribution < 1.29 is 31.4 Å². The molecule has 0 aromatic heterocycles. The third kappa shape index (κ3) is 4.65. The summed E-state index contributed by atoms with van der Waals surface area (Å²) in [6.07, 6.45) is -4.91. The standard InChI is InChI=1S/C16H17F3N2O4S/c1-25-12-4-2-3-10(7-12)14(9-22)21-11-5-6-15(26(20,23)24)13(8-11)16(17,18)19/h2-8,14,21-22H,9H2,1H3,(H2,20,23,24). The number of hydrogen-bond donors (Lipinski definition) is 3. The summed E-state index contributed by atoms with van der Waals surface area (Å²) in [6.45, 7) is -0.411. The average Bonchev–Trinajstić information content (AvgIpc) is 2.58. The maximum atomic E-state index is 13.2. The number of methoxy groups -OCH3 is 1. The zero-order chi connectivity index (χ0) is 19.5. The van der Waals surface area contributed by atoms with Crippen molar-refractivity contribution >= 4 is 15.7 Å². The van der Waals surface area contributed by atoms with Gasteiger partial charge in [0.05, 0.1) is 30.2 Å². The van der Waals surface area contributed by atoms with Gasteiger partial charge in [0.15, 0.2) is 0 Å². The second kappa shape index (κ2) is 7.52. The maximum Gasteiger partial charge on any atom is 0.417 e. The Labute approximate surface area is 148 Å². The Morgan fingerprint density at radius 1 is 1.23 bits per heavy atom. The highest BCUT2D eigenvalue weighted by Crippen LogP contribution is 2.36. The van der Waals surface area contributed by atoms with E-state index in [0.717, 1.165) is 12.1 Å². The Morgan fingerprint density at radius 2 is 1.92 bits per heavy atom. The largest absolute Gasteiger partial charge is 0.497 e. The van der Waals surface area contributed by atoms with Crippen molar-refractivity contribution in [2.45, 2.75) is 17.1 Å². The number of rotatable bonds is 6. The molecule has 0 saturated carbocycles. The van der Waals surface area contributed by atoms with Gasteiger partial charge in [-0.2, -0.15) is 13.2 Å². The van der Waals surface area contributed by atoms with Crippen LogP contribution in [0.2, 0.25) is 0 Å². The van der Waals surface area contributed by atoms with Gasteiger partial charge in [0, 0.05) is 5.69 Å².